The monoisotopic (exact) mass is 420 g/mol. The highest BCUT2D eigenvalue weighted by Gasteiger charge is 2.14. The van der Waals surface area contributed by atoms with Crippen LogP contribution >= 0.6 is 22.9 Å². The summed E-state index contributed by atoms with van der Waals surface area (Å²) in [6.45, 7) is 0. The largest absolute Gasteiger partial charge is 0.135 e. The predicted octanol–water partition coefficient (Wildman–Crippen LogP) is 9.20. The molecule has 0 atom stereocenters. The summed E-state index contributed by atoms with van der Waals surface area (Å²) in [5.74, 6) is 0. The molecule has 30 heavy (non-hydrogen) atoms. The summed E-state index contributed by atoms with van der Waals surface area (Å²) in [4.78, 5) is 0. The van der Waals surface area contributed by atoms with Crippen molar-refractivity contribution in [3.8, 4) is 22.3 Å². The molecule has 0 nitrogen and oxygen atoms in total. The molecule has 0 aliphatic carbocycles. The third kappa shape index (κ3) is 2.82. The van der Waals surface area contributed by atoms with Gasteiger partial charge in [0.15, 0.2) is 0 Å². The van der Waals surface area contributed by atoms with E-state index in [1.807, 2.05) is 23.5 Å². The van der Waals surface area contributed by atoms with Gasteiger partial charge < -0.3 is 0 Å². The molecule has 1 heterocycles. The smallest absolute Gasteiger partial charge is 0.0490 e. The Morgan fingerprint density at radius 3 is 2.23 bits per heavy atom. The summed E-state index contributed by atoms with van der Waals surface area (Å²) in [5, 5.41) is 5.85. The lowest BCUT2D eigenvalue weighted by molar-refractivity contribution is 1.61. The molecule has 0 aliphatic heterocycles. The second-order valence-corrected chi connectivity index (χ2v) is 9.02. The molecule has 6 aromatic rings. The molecule has 0 bridgehead atoms. The minimum absolute atomic E-state index is 0.776. The van der Waals surface area contributed by atoms with E-state index in [4.69, 9.17) is 11.6 Å². The average molecular weight is 421 g/mol. The summed E-state index contributed by atoms with van der Waals surface area (Å²) >= 11 is 8.60. The van der Waals surface area contributed by atoms with Gasteiger partial charge in [0.1, 0.15) is 0 Å². The van der Waals surface area contributed by atoms with E-state index in [-0.39, 0.29) is 0 Å². The normalized spacial score (nSPS) is 11.5. The first-order valence-electron chi connectivity index (χ1n) is 9.97. The van der Waals surface area contributed by atoms with Gasteiger partial charge in [-0.25, -0.2) is 0 Å². The molecule has 2 heteroatoms. The topological polar surface area (TPSA) is 0 Å². The van der Waals surface area contributed by atoms with Gasteiger partial charge in [-0.15, -0.1) is 11.3 Å². The van der Waals surface area contributed by atoms with Crippen molar-refractivity contribution in [1.82, 2.24) is 0 Å². The predicted molar refractivity (Wildman–Crippen MR) is 133 cm³/mol. The Bertz CT molecular complexity index is 1560. The highest BCUT2D eigenvalue weighted by molar-refractivity contribution is 7.25. The number of fused-ring (bicyclic) bond motifs is 4. The first-order valence-corrected chi connectivity index (χ1v) is 11.2. The minimum atomic E-state index is 0.776. The summed E-state index contributed by atoms with van der Waals surface area (Å²) in [6.07, 6.45) is 0. The molecule has 0 aliphatic rings. The second kappa shape index (κ2) is 6.98. The van der Waals surface area contributed by atoms with Gasteiger partial charge in [0.05, 0.1) is 0 Å². The molecule has 0 spiro atoms. The highest BCUT2D eigenvalue weighted by Crippen LogP contribution is 2.41. The van der Waals surface area contributed by atoms with E-state index >= 15 is 0 Å². The maximum atomic E-state index is 6.76. The third-order valence-corrected chi connectivity index (χ3v) is 7.21. The van der Waals surface area contributed by atoms with E-state index in [1.54, 1.807) is 0 Å². The Kier molecular flexibility index (Phi) is 4.12. The van der Waals surface area contributed by atoms with E-state index in [0.29, 0.717) is 0 Å². The van der Waals surface area contributed by atoms with E-state index in [9.17, 15) is 0 Å². The van der Waals surface area contributed by atoms with Gasteiger partial charge in [-0.1, -0.05) is 84.4 Å². The fraction of sp³-hybridized carbons (Fsp3) is 0. The van der Waals surface area contributed by atoms with Gasteiger partial charge >= 0.3 is 0 Å². The number of thiophene rings is 1. The Morgan fingerprint density at radius 1 is 0.533 bits per heavy atom. The lowest BCUT2D eigenvalue weighted by Crippen LogP contribution is -1.87. The van der Waals surface area contributed by atoms with Crippen LogP contribution in [0.3, 0.4) is 0 Å². The van der Waals surface area contributed by atoms with Crippen LogP contribution in [-0.2, 0) is 0 Å². The lowest BCUT2D eigenvalue weighted by atomic mass is 9.92. The van der Waals surface area contributed by atoms with Crippen molar-refractivity contribution in [1.29, 1.82) is 0 Å². The van der Waals surface area contributed by atoms with Gasteiger partial charge in [-0.3, -0.25) is 0 Å². The van der Waals surface area contributed by atoms with Crippen molar-refractivity contribution >= 4 is 53.9 Å². The van der Waals surface area contributed by atoms with E-state index < -0.39 is 0 Å². The Balaban J connectivity index is 1.60. The number of benzene rings is 5. The molecule has 0 saturated carbocycles. The molecule has 1 aromatic heterocycles. The van der Waals surface area contributed by atoms with Crippen LogP contribution in [0.5, 0.6) is 0 Å². The molecule has 142 valence electrons. The van der Waals surface area contributed by atoms with Crippen molar-refractivity contribution < 1.29 is 0 Å². The average Bonchev–Trinajstić information content (AvgIpc) is 3.16. The standard InChI is InChI=1S/C28H17ClS/c29-25-10-5-9-22(28(25)21-13-12-18-6-1-2-7-19(18)16-21)20-14-15-27-24(17-20)23-8-3-4-11-26(23)30-27/h1-17H. The molecule has 0 saturated heterocycles. The SMILES string of the molecule is Clc1cccc(-c2ccc3sc4ccccc4c3c2)c1-c1ccc2ccccc2c1. The fourth-order valence-electron chi connectivity index (χ4n) is 4.30. The van der Waals surface area contributed by atoms with Crippen LogP contribution in [0.1, 0.15) is 0 Å². The highest BCUT2D eigenvalue weighted by atomic mass is 35.5. The zero-order valence-electron chi connectivity index (χ0n) is 16.1. The van der Waals surface area contributed by atoms with Crippen LogP contribution in [0.15, 0.2) is 103 Å². The number of hydrogen-bond acceptors (Lipinski definition) is 1. The van der Waals surface area contributed by atoms with Gasteiger partial charge in [-0.2, -0.15) is 0 Å². The third-order valence-electron chi connectivity index (χ3n) is 5.74. The van der Waals surface area contributed by atoms with Crippen LogP contribution in [-0.4, -0.2) is 0 Å². The van der Waals surface area contributed by atoms with Crippen molar-refractivity contribution in [3.05, 3.63) is 108 Å². The first kappa shape index (κ1) is 17.7. The van der Waals surface area contributed by atoms with E-state index in [2.05, 4.69) is 91.0 Å². The van der Waals surface area contributed by atoms with Crippen LogP contribution in [0.4, 0.5) is 0 Å². The second-order valence-electron chi connectivity index (χ2n) is 7.53. The Hall–Kier alpha value is -3.13. The number of hydrogen-bond donors (Lipinski definition) is 0. The summed E-state index contributed by atoms with van der Waals surface area (Å²) < 4.78 is 2.64. The van der Waals surface area contributed by atoms with Crippen molar-refractivity contribution in [2.45, 2.75) is 0 Å². The molecule has 6 rings (SSSR count). The van der Waals surface area contributed by atoms with Crippen LogP contribution < -0.4 is 0 Å². The molecule has 0 fully saturated rings. The fourth-order valence-corrected chi connectivity index (χ4v) is 5.67. The van der Waals surface area contributed by atoms with Gasteiger partial charge in [0.25, 0.3) is 0 Å². The summed E-state index contributed by atoms with van der Waals surface area (Å²) in [7, 11) is 0. The van der Waals surface area contributed by atoms with Crippen molar-refractivity contribution in [2.24, 2.45) is 0 Å². The van der Waals surface area contributed by atoms with Gasteiger partial charge in [0.2, 0.25) is 0 Å². The number of rotatable bonds is 2. The van der Waals surface area contributed by atoms with Gasteiger partial charge in [-0.05, 0) is 57.8 Å². The molecular weight excluding hydrogens is 404 g/mol. The van der Waals surface area contributed by atoms with Crippen LogP contribution in [0.2, 0.25) is 5.02 Å². The lowest BCUT2D eigenvalue weighted by Gasteiger charge is -2.13. The zero-order valence-corrected chi connectivity index (χ0v) is 17.7. The number of halogens is 1. The first-order chi connectivity index (χ1) is 14.8. The molecular formula is C28H17ClS. The van der Waals surface area contributed by atoms with Crippen LogP contribution in [0, 0.1) is 0 Å². The molecule has 0 unspecified atom stereocenters. The summed E-state index contributed by atoms with van der Waals surface area (Å²) in [6, 6.07) is 36.6. The van der Waals surface area contributed by atoms with Crippen LogP contribution in [0.25, 0.3) is 53.2 Å². The van der Waals surface area contributed by atoms with Gasteiger partial charge in [0, 0.05) is 30.8 Å². The van der Waals surface area contributed by atoms with E-state index in [0.717, 1.165) is 21.7 Å². The maximum Gasteiger partial charge on any atom is 0.0490 e. The van der Waals surface area contributed by atoms with Crippen molar-refractivity contribution in [3.63, 3.8) is 0 Å². The van der Waals surface area contributed by atoms with E-state index in [1.165, 1.54) is 36.5 Å². The molecule has 0 amide bonds. The zero-order chi connectivity index (χ0) is 20.1. The molecule has 0 N–H and O–H groups in total. The Morgan fingerprint density at radius 2 is 1.30 bits per heavy atom. The minimum Gasteiger partial charge on any atom is -0.135 e. The molecule has 0 radical (unpaired) electrons. The molecule has 5 aromatic carbocycles. The quantitative estimate of drug-likeness (QED) is 0.262. The summed E-state index contributed by atoms with van der Waals surface area (Å²) in [5.41, 5.74) is 4.58. The Labute approximate surface area is 184 Å². The maximum absolute atomic E-state index is 6.76. The van der Waals surface area contributed by atoms with Crippen molar-refractivity contribution in [2.75, 3.05) is 0 Å².